The van der Waals surface area contributed by atoms with E-state index in [1.807, 2.05) is 0 Å². The Bertz CT molecular complexity index is 181. The SMILES string of the molecule is CC(C)(C)C1NCCC12CCNC2. The van der Waals surface area contributed by atoms with E-state index in [0.717, 1.165) is 0 Å². The average Bonchev–Trinajstić information content (AvgIpc) is 2.60. The molecule has 2 aliphatic rings. The first-order valence-electron chi connectivity index (χ1n) is 5.49. The molecule has 2 atom stereocenters. The molecule has 2 fully saturated rings. The Balaban J connectivity index is 2.18. The van der Waals surface area contributed by atoms with Crippen LogP contribution in [0.3, 0.4) is 0 Å². The largest absolute Gasteiger partial charge is 0.316 e. The maximum atomic E-state index is 3.69. The van der Waals surface area contributed by atoms with Crippen LogP contribution in [0.1, 0.15) is 33.6 Å². The lowest BCUT2D eigenvalue weighted by atomic mass is 9.69. The van der Waals surface area contributed by atoms with E-state index in [1.54, 1.807) is 0 Å². The minimum Gasteiger partial charge on any atom is -0.316 e. The molecule has 0 aromatic rings. The van der Waals surface area contributed by atoms with E-state index in [0.29, 0.717) is 16.9 Å². The molecule has 2 aliphatic heterocycles. The van der Waals surface area contributed by atoms with Gasteiger partial charge in [-0.2, -0.15) is 0 Å². The van der Waals surface area contributed by atoms with E-state index in [-0.39, 0.29) is 0 Å². The fourth-order valence-electron chi connectivity index (χ4n) is 3.27. The molecule has 13 heavy (non-hydrogen) atoms. The monoisotopic (exact) mass is 182 g/mol. The van der Waals surface area contributed by atoms with E-state index < -0.39 is 0 Å². The lowest BCUT2D eigenvalue weighted by Crippen LogP contribution is -2.47. The highest BCUT2D eigenvalue weighted by Crippen LogP contribution is 2.44. The zero-order valence-electron chi connectivity index (χ0n) is 9.11. The summed E-state index contributed by atoms with van der Waals surface area (Å²) in [4.78, 5) is 0. The summed E-state index contributed by atoms with van der Waals surface area (Å²) in [6.45, 7) is 10.7. The van der Waals surface area contributed by atoms with Crippen molar-refractivity contribution in [3.8, 4) is 0 Å². The van der Waals surface area contributed by atoms with E-state index in [9.17, 15) is 0 Å². The smallest absolute Gasteiger partial charge is 0.0185 e. The summed E-state index contributed by atoms with van der Waals surface area (Å²) in [6, 6.07) is 0.704. The quantitative estimate of drug-likeness (QED) is 0.591. The van der Waals surface area contributed by atoms with Crippen molar-refractivity contribution < 1.29 is 0 Å². The van der Waals surface area contributed by atoms with Gasteiger partial charge in [0, 0.05) is 18.0 Å². The van der Waals surface area contributed by atoms with Crippen molar-refractivity contribution in [2.24, 2.45) is 10.8 Å². The second-order valence-electron chi connectivity index (χ2n) is 5.79. The van der Waals surface area contributed by atoms with Crippen LogP contribution in [0.4, 0.5) is 0 Å². The van der Waals surface area contributed by atoms with Gasteiger partial charge < -0.3 is 10.6 Å². The first-order valence-corrected chi connectivity index (χ1v) is 5.49. The lowest BCUT2D eigenvalue weighted by Gasteiger charge is -2.39. The van der Waals surface area contributed by atoms with Gasteiger partial charge in [0.1, 0.15) is 0 Å². The molecule has 0 radical (unpaired) electrons. The van der Waals surface area contributed by atoms with Gasteiger partial charge >= 0.3 is 0 Å². The van der Waals surface area contributed by atoms with Crippen molar-refractivity contribution in [2.45, 2.75) is 39.7 Å². The minimum absolute atomic E-state index is 0.405. The van der Waals surface area contributed by atoms with Gasteiger partial charge in [-0.1, -0.05) is 20.8 Å². The van der Waals surface area contributed by atoms with Gasteiger partial charge in [-0.15, -0.1) is 0 Å². The maximum absolute atomic E-state index is 3.69. The van der Waals surface area contributed by atoms with Gasteiger partial charge in [-0.3, -0.25) is 0 Å². The summed E-state index contributed by atoms with van der Waals surface area (Å²) < 4.78 is 0. The summed E-state index contributed by atoms with van der Waals surface area (Å²) in [5, 5.41) is 7.21. The van der Waals surface area contributed by atoms with E-state index >= 15 is 0 Å². The molecule has 0 aromatic heterocycles. The molecule has 2 nitrogen and oxygen atoms in total. The third-order valence-electron chi connectivity index (χ3n) is 3.73. The average molecular weight is 182 g/mol. The third kappa shape index (κ3) is 1.50. The van der Waals surface area contributed by atoms with Gasteiger partial charge in [0.15, 0.2) is 0 Å². The first kappa shape index (κ1) is 9.47. The van der Waals surface area contributed by atoms with Crippen LogP contribution in [0.5, 0.6) is 0 Å². The van der Waals surface area contributed by atoms with Crippen molar-refractivity contribution in [3.05, 3.63) is 0 Å². The highest BCUT2D eigenvalue weighted by molar-refractivity contribution is 5.05. The molecule has 76 valence electrons. The van der Waals surface area contributed by atoms with Gasteiger partial charge in [0.05, 0.1) is 0 Å². The number of rotatable bonds is 0. The Morgan fingerprint density at radius 2 is 1.85 bits per heavy atom. The molecule has 0 aliphatic carbocycles. The van der Waals surface area contributed by atoms with E-state index in [1.165, 1.54) is 32.5 Å². The fourth-order valence-corrected chi connectivity index (χ4v) is 3.27. The van der Waals surface area contributed by atoms with Crippen LogP contribution < -0.4 is 10.6 Å². The molecule has 2 heterocycles. The molecule has 2 N–H and O–H groups in total. The second kappa shape index (κ2) is 2.96. The molecule has 0 amide bonds. The van der Waals surface area contributed by atoms with E-state index in [2.05, 4.69) is 31.4 Å². The Morgan fingerprint density at radius 1 is 1.15 bits per heavy atom. The summed E-state index contributed by atoms with van der Waals surface area (Å²) in [6.07, 6.45) is 2.73. The van der Waals surface area contributed by atoms with Crippen LogP contribution in [0.2, 0.25) is 0 Å². The standard InChI is InChI=1S/C11H22N2/c1-10(2,3)9-11(5-7-13-9)4-6-12-8-11/h9,12-13H,4-8H2,1-3H3. The molecular formula is C11H22N2. The number of hydrogen-bond donors (Lipinski definition) is 2. The summed E-state index contributed by atoms with van der Waals surface area (Å²) in [5.74, 6) is 0. The van der Waals surface area contributed by atoms with Gasteiger partial charge in [0.25, 0.3) is 0 Å². The Morgan fingerprint density at radius 3 is 2.38 bits per heavy atom. The second-order valence-corrected chi connectivity index (χ2v) is 5.79. The molecule has 2 unspecified atom stereocenters. The van der Waals surface area contributed by atoms with Gasteiger partial charge in [0.2, 0.25) is 0 Å². The Labute approximate surface area is 81.5 Å². The molecule has 0 saturated carbocycles. The van der Waals surface area contributed by atoms with Gasteiger partial charge in [-0.05, 0) is 31.3 Å². The highest BCUT2D eigenvalue weighted by atomic mass is 15.1. The van der Waals surface area contributed by atoms with E-state index in [4.69, 9.17) is 0 Å². The molecule has 0 aromatic carbocycles. The third-order valence-corrected chi connectivity index (χ3v) is 3.73. The molecule has 0 bridgehead atoms. The lowest BCUT2D eigenvalue weighted by molar-refractivity contribution is 0.157. The first-order chi connectivity index (χ1) is 6.05. The predicted octanol–water partition coefficient (Wildman–Crippen LogP) is 1.37. The number of hydrogen-bond acceptors (Lipinski definition) is 2. The van der Waals surface area contributed by atoms with Crippen LogP contribution in [-0.4, -0.2) is 25.7 Å². The minimum atomic E-state index is 0.405. The summed E-state index contributed by atoms with van der Waals surface area (Å²) >= 11 is 0. The molecule has 2 saturated heterocycles. The highest BCUT2D eigenvalue weighted by Gasteiger charge is 2.49. The van der Waals surface area contributed by atoms with Crippen LogP contribution in [0.25, 0.3) is 0 Å². The summed E-state index contributed by atoms with van der Waals surface area (Å²) in [7, 11) is 0. The normalized spacial score (nSPS) is 40.4. The molecule has 2 rings (SSSR count). The van der Waals surface area contributed by atoms with Crippen LogP contribution >= 0.6 is 0 Å². The van der Waals surface area contributed by atoms with Crippen LogP contribution in [-0.2, 0) is 0 Å². The zero-order valence-corrected chi connectivity index (χ0v) is 9.11. The molecular weight excluding hydrogens is 160 g/mol. The predicted molar refractivity (Wildman–Crippen MR) is 55.8 cm³/mol. The van der Waals surface area contributed by atoms with Crippen molar-refractivity contribution in [3.63, 3.8) is 0 Å². The Kier molecular flexibility index (Phi) is 2.16. The van der Waals surface area contributed by atoms with Crippen LogP contribution in [0.15, 0.2) is 0 Å². The maximum Gasteiger partial charge on any atom is 0.0185 e. The van der Waals surface area contributed by atoms with Crippen molar-refractivity contribution in [2.75, 3.05) is 19.6 Å². The van der Waals surface area contributed by atoms with Crippen molar-refractivity contribution >= 4 is 0 Å². The van der Waals surface area contributed by atoms with Crippen LogP contribution in [0, 0.1) is 10.8 Å². The fraction of sp³-hybridized carbons (Fsp3) is 1.00. The van der Waals surface area contributed by atoms with Crippen molar-refractivity contribution in [1.29, 1.82) is 0 Å². The number of nitrogens with one attached hydrogen (secondary N) is 2. The Hall–Kier alpha value is -0.0800. The topological polar surface area (TPSA) is 24.1 Å². The van der Waals surface area contributed by atoms with Crippen molar-refractivity contribution in [1.82, 2.24) is 10.6 Å². The summed E-state index contributed by atoms with van der Waals surface area (Å²) in [5.41, 5.74) is 0.973. The molecule has 1 spiro atoms. The molecule has 2 heteroatoms. The van der Waals surface area contributed by atoms with Gasteiger partial charge in [-0.25, -0.2) is 0 Å². The zero-order chi connectivity index (χ0) is 9.53.